The number of hydrogen-bond acceptors (Lipinski definition) is 3. The number of anilines is 1. The van der Waals surface area contributed by atoms with Crippen molar-refractivity contribution in [3.8, 4) is 12.1 Å². The zero-order valence-electron chi connectivity index (χ0n) is 10.0. The lowest BCUT2D eigenvalue weighted by Gasteiger charge is -2.09. The van der Waals surface area contributed by atoms with Gasteiger partial charge in [-0.25, -0.2) is 4.39 Å². The van der Waals surface area contributed by atoms with E-state index in [0.29, 0.717) is 16.8 Å². The fourth-order valence-corrected chi connectivity index (χ4v) is 1.73. The molecule has 3 nitrogen and oxygen atoms in total. The topological polar surface area (TPSA) is 59.6 Å². The molecule has 2 aromatic carbocycles. The summed E-state index contributed by atoms with van der Waals surface area (Å²) in [6.07, 6.45) is 0. The van der Waals surface area contributed by atoms with Gasteiger partial charge in [0, 0.05) is 12.1 Å². The predicted octanol–water partition coefficient (Wildman–Crippen LogP) is 3.18. The molecular formula is C15H10FN3. The van der Waals surface area contributed by atoms with E-state index in [4.69, 9.17) is 10.5 Å². The molecule has 2 aromatic rings. The summed E-state index contributed by atoms with van der Waals surface area (Å²) in [5, 5.41) is 20.7. The van der Waals surface area contributed by atoms with E-state index < -0.39 is 5.82 Å². The molecule has 0 fully saturated rings. The summed E-state index contributed by atoms with van der Waals surface area (Å²) in [6, 6.07) is 15.5. The van der Waals surface area contributed by atoms with Crippen molar-refractivity contribution in [2.75, 3.05) is 5.32 Å². The molecule has 1 N–H and O–H groups in total. The molecule has 0 saturated heterocycles. The molecule has 0 saturated carbocycles. The second kappa shape index (κ2) is 5.66. The van der Waals surface area contributed by atoms with Gasteiger partial charge in [-0.3, -0.25) is 0 Å². The van der Waals surface area contributed by atoms with E-state index >= 15 is 0 Å². The van der Waals surface area contributed by atoms with Gasteiger partial charge < -0.3 is 5.32 Å². The smallest absolute Gasteiger partial charge is 0.145 e. The lowest BCUT2D eigenvalue weighted by atomic mass is 10.1. The summed E-state index contributed by atoms with van der Waals surface area (Å²) >= 11 is 0. The van der Waals surface area contributed by atoms with Gasteiger partial charge in [0.15, 0.2) is 0 Å². The van der Waals surface area contributed by atoms with Gasteiger partial charge >= 0.3 is 0 Å². The largest absolute Gasteiger partial charge is 0.380 e. The second-order valence-electron chi connectivity index (χ2n) is 3.90. The van der Waals surface area contributed by atoms with E-state index in [1.54, 1.807) is 42.5 Å². The molecule has 19 heavy (non-hydrogen) atoms. The summed E-state index contributed by atoms with van der Waals surface area (Å²) in [6.45, 7) is 0.222. The van der Waals surface area contributed by atoms with E-state index in [-0.39, 0.29) is 12.1 Å². The van der Waals surface area contributed by atoms with Gasteiger partial charge in [0.1, 0.15) is 18.0 Å². The lowest BCUT2D eigenvalue weighted by Crippen LogP contribution is -2.04. The van der Waals surface area contributed by atoms with Crippen molar-refractivity contribution in [3.05, 3.63) is 65.0 Å². The molecule has 4 heteroatoms. The third-order valence-corrected chi connectivity index (χ3v) is 2.72. The second-order valence-corrected chi connectivity index (χ2v) is 3.90. The Labute approximate surface area is 110 Å². The Morgan fingerprint density at radius 2 is 1.63 bits per heavy atom. The highest BCUT2D eigenvalue weighted by Gasteiger charge is 2.08. The maximum atomic E-state index is 13.8. The number of halogens is 1. The van der Waals surface area contributed by atoms with Crippen LogP contribution in [-0.4, -0.2) is 0 Å². The van der Waals surface area contributed by atoms with Gasteiger partial charge in [-0.1, -0.05) is 24.3 Å². The van der Waals surface area contributed by atoms with E-state index in [2.05, 4.69) is 11.4 Å². The van der Waals surface area contributed by atoms with Crippen LogP contribution in [0.5, 0.6) is 0 Å². The van der Waals surface area contributed by atoms with Crippen LogP contribution in [-0.2, 0) is 6.54 Å². The minimum absolute atomic E-state index is 0.0212. The van der Waals surface area contributed by atoms with Crippen LogP contribution in [0.4, 0.5) is 10.1 Å². The minimum atomic E-state index is -0.521. The number of hydrogen-bond donors (Lipinski definition) is 1. The molecule has 0 aromatic heterocycles. The van der Waals surface area contributed by atoms with Crippen LogP contribution >= 0.6 is 0 Å². The number of para-hydroxylation sites is 1. The highest BCUT2D eigenvalue weighted by molar-refractivity contribution is 5.57. The SMILES string of the molecule is N#Cc1ccccc1NCc1cccc(C#N)c1F. The molecule has 0 amide bonds. The highest BCUT2D eigenvalue weighted by Crippen LogP contribution is 2.17. The monoisotopic (exact) mass is 251 g/mol. The molecular weight excluding hydrogens is 241 g/mol. The Kier molecular flexibility index (Phi) is 3.75. The third-order valence-electron chi connectivity index (χ3n) is 2.72. The first-order chi connectivity index (χ1) is 9.26. The summed E-state index contributed by atoms with van der Waals surface area (Å²) in [7, 11) is 0. The molecule has 0 heterocycles. The van der Waals surface area contributed by atoms with Crippen LogP contribution in [0.3, 0.4) is 0 Å². The van der Waals surface area contributed by atoms with Crippen LogP contribution in [0.15, 0.2) is 42.5 Å². The molecule has 0 aliphatic heterocycles. The van der Waals surface area contributed by atoms with Crippen molar-refractivity contribution >= 4 is 5.69 Å². The van der Waals surface area contributed by atoms with Gasteiger partial charge in [0.25, 0.3) is 0 Å². The van der Waals surface area contributed by atoms with Crippen LogP contribution < -0.4 is 5.32 Å². The van der Waals surface area contributed by atoms with Crippen LogP contribution in [0.1, 0.15) is 16.7 Å². The van der Waals surface area contributed by atoms with E-state index in [1.165, 1.54) is 6.07 Å². The average Bonchev–Trinajstić information content (AvgIpc) is 2.46. The average molecular weight is 251 g/mol. The first kappa shape index (κ1) is 12.6. The number of rotatable bonds is 3. The standard InChI is InChI=1S/C15H10FN3/c16-15-12(9-18)5-3-6-13(15)10-19-14-7-2-1-4-11(14)8-17/h1-7,19H,10H2. The van der Waals surface area contributed by atoms with Crippen LogP contribution in [0.2, 0.25) is 0 Å². The van der Waals surface area contributed by atoms with E-state index in [0.717, 1.165) is 0 Å². The van der Waals surface area contributed by atoms with Crippen molar-refractivity contribution in [1.82, 2.24) is 0 Å². The molecule has 92 valence electrons. The van der Waals surface area contributed by atoms with Crippen molar-refractivity contribution in [3.63, 3.8) is 0 Å². The molecule has 0 aliphatic carbocycles. The Balaban J connectivity index is 2.20. The first-order valence-corrected chi connectivity index (χ1v) is 5.66. The molecule has 0 spiro atoms. The number of benzene rings is 2. The molecule has 0 radical (unpaired) electrons. The first-order valence-electron chi connectivity index (χ1n) is 5.66. The molecule has 0 unspecified atom stereocenters. The molecule has 0 bridgehead atoms. The van der Waals surface area contributed by atoms with Gasteiger partial charge in [0.2, 0.25) is 0 Å². The normalized spacial score (nSPS) is 9.42. The predicted molar refractivity (Wildman–Crippen MR) is 69.6 cm³/mol. The lowest BCUT2D eigenvalue weighted by molar-refractivity contribution is 0.609. The Hall–Kier alpha value is -2.85. The quantitative estimate of drug-likeness (QED) is 0.911. The highest BCUT2D eigenvalue weighted by atomic mass is 19.1. The van der Waals surface area contributed by atoms with E-state index in [1.807, 2.05) is 0 Å². The Morgan fingerprint density at radius 3 is 2.37 bits per heavy atom. The third kappa shape index (κ3) is 2.70. The van der Waals surface area contributed by atoms with Crippen LogP contribution in [0, 0.1) is 28.5 Å². The molecule has 0 atom stereocenters. The van der Waals surface area contributed by atoms with Crippen molar-refractivity contribution in [2.24, 2.45) is 0 Å². The molecule has 0 aliphatic rings. The van der Waals surface area contributed by atoms with Gasteiger partial charge in [-0.2, -0.15) is 10.5 Å². The maximum Gasteiger partial charge on any atom is 0.145 e. The van der Waals surface area contributed by atoms with Crippen LogP contribution in [0.25, 0.3) is 0 Å². The van der Waals surface area contributed by atoms with Crippen molar-refractivity contribution in [1.29, 1.82) is 10.5 Å². The van der Waals surface area contributed by atoms with Crippen molar-refractivity contribution < 1.29 is 4.39 Å². The zero-order valence-corrected chi connectivity index (χ0v) is 10.0. The Bertz CT molecular complexity index is 681. The summed E-state index contributed by atoms with van der Waals surface area (Å²) in [4.78, 5) is 0. The fraction of sp³-hybridized carbons (Fsp3) is 0.0667. The summed E-state index contributed by atoms with van der Waals surface area (Å²) < 4.78 is 13.8. The number of nitrogens with zero attached hydrogens (tertiary/aromatic N) is 2. The Morgan fingerprint density at radius 1 is 0.947 bits per heavy atom. The zero-order chi connectivity index (χ0) is 13.7. The van der Waals surface area contributed by atoms with Gasteiger partial charge in [-0.15, -0.1) is 0 Å². The maximum absolute atomic E-state index is 13.8. The van der Waals surface area contributed by atoms with E-state index in [9.17, 15) is 4.39 Å². The van der Waals surface area contributed by atoms with Crippen molar-refractivity contribution in [2.45, 2.75) is 6.54 Å². The number of nitrogens with one attached hydrogen (secondary N) is 1. The molecule has 2 rings (SSSR count). The fourth-order valence-electron chi connectivity index (χ4n) is 1.73. The minimum Gasteiger partial charge on any atom is -0.380 e. The van der Waals surface area contributed by atoms with Gasteiger partial charge in [0.05, 0.1) is 16.8 Å². The number of nitriles is 2. The van der Waals surface area contributed by atoms with Gasteiger partial charge in [-0.05, 0) is 18.2 Å². The summed E-state index contributed by atoms with van der Waals surface area (Å²) in [5.41, 5.74) is 1.56. The summed E-state index contributed by atoms with van der Waals surface area (Å²) in [5.74, 6) is -0.521.